The fraction of sp³-hybridized carbons (Fsp3) is 0.933. The summed E-state index contributed by atoms with van der Waals surface area (Å²) in [5.74, 6) is 0.896. The normalized spacial score (nSPS) is 24.6. The van der Waals surface area contributed by atoms with E-state index < -0.39 is 0 Å². The Balaban J connectivity index is 0.00000200. The molecule has 0 spiro atoms. The van der Waals surface area contributed by atoms with Crippen LogP contribution in [-0.4, -0.2) is 49.2 Å². The number of amides is 1. The minimum atomic E-state index is 0. The summed E-state index contributed by atoms with van der Waals surface area (Å²) in [5, 5.41) is 3.34. The lowest BCUT2D eigenvalue weighted by Gasteiger charge is -2.35. The molecule has 2 aliphatic heterocycles. The smallest absolute Gasteiger partial charge is 0.239 e. The number of carbonyl (C=O) groups excluding carboxylic acids is 1. The van der Waals surface area contributed by atoms with Crippen LogP contribution in [0.3, 0.4) is 0 Å². The van der Waals surface area contributed by atoms with Crippen molar-refractivity contribution in [2.24, 2.45) is 5.92 Å². The van der Waals surface area contributed by atoms with Crippen molar-refractivity contribution < 1.29 is 9.53 Å². The van der Waals surface area contributed by atoms with E-state index in [-0.39, 0.29) is 18.4 Å². The third-order valence-electron chi connectivity index (χ3n) is 4.03. The first-order valence-electron chi connectivity index (χ1n) is 7.80. The van der Waals surface area contributed by atoms with Gasteiger partial charge in [-0.05, 0) is 38.1 Å². The molecule has 0 radical (unpaired) electrons. The molecule has 4 nitrogen and oxygen atoms in total. The zero-order valence-electron chi connectivity index (χ0n) is 12.8. The Kier molecular flexibility index (Phi) is 7.85. The lowest BCUT2D eigenvalue weighted by molar-refractivity contribution is -0.136. The lowest BCUT2D eigenvalue weighted by Crippen LogP contribution is -2.51. The molecule has 2 fully saturated rings. The van der Waals surface area contributed by atoms with Crippen molar-refractivity contribution in [3.8, 4) is 0 Å². The molecule has 0 aliphatic carbocycles. The van der Waals surface area contributed by atoms with Crippen LogP contribution in [0.2, 0.25) is 0 Å². The first-order valence-corrected chi connectivity index (χ1v) is 7.80. The molecule has 0 bridgehead atoms. The fourth-order valence-electron chi connectivity index (χ4n) is 2.85. The number of hydrogen-bond acceptors (Lipinski definition) is 3. The predicted octanol–water partition coefficient (Wildman–Crippen LogP) is 2.21. The summed E-state index contributed by atoms with van der Waals surface area (Å²) < 4.78 is 5.86. The van der Waals surface area contributed by atoms with Crippen LogP contribution in [0.4, 0.5) is 0 Å². The number of carbonyl (C=O) groups is 1. The summed E-state index contributed by atoms with van der Waals surface area (Å²) in [4.78, 5) is 14.4. The summed E-state index contributed by atoms with van der Waals surface area (Å²) >= 11 is 0. The zero-order chi connectivity index (χ0) is 13.7. The van der Waals surface area contributed by atoms with E-state index >= 15 is 0 Å². The maximum atomic E-state index is 12.3. The summed E-state index contributed by atoms with van der Waals surface area (Å²) in [6.45, 7) is 7.90. The number of hydrogen-bond donors (Lipinski definition) is 1. The van der Waals surface area contributed by atoms with Gasteiger partial charge in [-0.1, -0.05) is 20.3 Å². The Morgan fingerprint density at radius 2 is 1.95 bits per heavy atom. The van der Waals surface area contributed by atoms with Gasteiger partial charge in [-0.15, -0.1) is 12.4 Å². The summed E-state index contributed by atoms with van der Waals surface area (Å²) in [5.41, 5.74) is 0. The van der Waals surface area contributed by atoms with Crippen LogP contribution in [0.15, 0.2) is 0 Å². The minimum Gasteiger partial charge on any atom is -0.378 e. The average Bonchev–Trinajstić information content (AvgIpc) is 2.46. The predicted molar refractivity (Wildman–Crippen MR) is 83.3 cm³/mol. The second-order valence-electron chi connectivity index (χ2n) is 6.25. The highest BCUT2D eigenvalue weighted by molar-refractivity contribution is 5.85. The molecule has 0 aromatic carbocycles. The van der Waals surface area contributed by atoms with Crippen molar-refractivity contribution in [3.05, 3.63) is 0 Å². The Bertz CT molecular complexity index is 286. The second-order valence-corrected chi connectivity index (χ2v) is 6.25. The monoisotopic (exact) mass is 304 g/mol. The maximum Gasteiger partial charge on any atom is 0.239 e. The van der Waals surface area contributed by atoms with Crippen molar-refractivity contribution in [2.45, 2.75) is 58.1 Å². The molecule has 1 N–H and O–H groups in total. The van der Waals surface area contributed by atoms with E-state index in [1.54, 1.807) is 0 Å². The SMILES string of the molecule is CC(C)COC1CCN(C(=O)C2CCCCN2)CC1.Cl. The summed E-state index contributed by atoms with van der Waals surface area (Å²) in [7, 11) is 0. The fourth-order valence-corrected chi connectivity index (χ4v) is 2.85. The van der Waals surface area contributed by atoms with E-state index in [9.17, 15) is 4.79 Å². The Morgan fingerprint density at radius 3 is 2.50 bits per heavy atom. The molecule has 20 heavy (non-hydrogen) atoms. The Hall–Kier alpha value is -0.320. The van der Waals surface area contributed by atoms with E-state index in [1.165, 1.54) is 12.8 Å². The molecule has 2 saturated heterocycles. The summed E-state index contributed by atoms with van der Waals surface area (Å²) in [6, 6.07) is 0.0712. The van der Waals surface area contributed by atoms with Gasteiger partial charge in [-0.2, -0.15) is 0 Å². The first-order chi connectivity index (χ1) is 9.16. The Morgan fingerprint density at radius 1 is 1.25 bits per heavy atom. The van der Waals surface area contributed by atoms with E-state index in [0.29, 0.717) is 17.9 Å². The molecule has 0 aromatic rings. The molecule has 118 valence electrons. The van der Waals surface area contributed by atoms with Gasteiger partial charge in [0, 0.05) is 19.7 Å². The van der Waals surface area contributed by atoms with Gasteiger partial charge in [0.2, 0.25) is 5.91 Å². The first kappa shape index (κ1) is 17.7. The molecule has 2 heterocycles. The van der Waals surface area contributed by atoms with E-state index in [2.05, 4.69) is 19.2 Å². The van der Waals surface area contributed by atoms with E-state index in [1.807, 2.05) is 4.90 Å². The number of likely N-dealkylation sites (tertiary alicyclic amines) is 1. The van der Waals surface area contributed by atoms with E-state index in [4.69, 9.17) is 4.74 Å². The number of nitrogens with zero attached hydrogens (tertiary/aromatic N) is 1. The van der Waals surface area contributed by atoms with Crippen LogP contribution < -0.4 is 5.32 Å². The minimum absolute atomic E-state index is 0. The maximum absolute atomic E-state index is 12.3. The largest absolute Gasteiger partial charge is 0.378 e. The third kappa shape index (κ3) is 5.23. The van der Waals surface area contributed by atoms with Crippen LogP contribution in [0.5, 0.6) is 0 Å². The van der Waals surface area contributed by atoms with Crippen LogP contribution in [0.25, 0.3) is 0 Å². The zero-order valence-corrected chi connectivity index (χ0v) is 13.6. The van der Waals surface area contributed by atoms with Crippen molar-refractivity contribution in [2.75, 3.05) is 26.2 Å². The highest BCUT2D eigenvalue weighted by atomic mass is 35.5. The number of ether oxygens (including phenoxy) is 1. The number of halogens is 1. The van der Waals surface area contributed by atoms with Crippen LogP contribution in [0, 0.1) is 5.92 Å². The van der Waals surface area contributed by atoms with Gasteiger partial charge in [0.1, 0.15) is 0 Å². The van der Waals surface area contributed by atoms with Crippen LogP contribution in [0.1, 0.15) is 46.0 Å². The number of piperidine rings is 2. The van der Waals surface area contributed by atoms with Gasteiger partial charge < -0.3 is 15.0 Å². The van der Waals surface area contributed by atoms with Crippen molar-refractivity contribution >= 4 is 18.3 Å². The summed E-state index contributed by atoms with van der Waals surface area (Å²) in [6.07, 6.45) is 5.72. The van der Waals surface area contributed by atoms with Gasteiger partial charge in [-0.3, -0.25) is 4.79 Å². The highest BCUT2D eigenvalue weighted by Gasteiger charge is 2.29. The van der Waals surface area contributed by atoms with Gasteiger partial charge in [0.05, 0.1) is 12.1 Å². The average molecular weight is 305 g/mol. The van der Waals surface area contributed by atoms with Gasteiger partial charge >= 0.3 is 0 Å². The van der Waals surface area contributed by atoms with Gasteiger partial charge in [0.25, 0.3) is 0 Å². The quantitative estimate of drug-likeness (QED) is 0.866. The topological polar surface area (TPSA) is 41.6 Å². The molecular weight excluding hydrogens is 276 g/mol. The molecule has 1 amide bonds. The van der Waals surface area contributed by atoms with Crippen LogP contribution in [-0.2, 0) is 9.53 Å². The highest BCUT2D eigenvalue weighted by Crippen LogP contribution is 2.17. The molecule has 2 rings (SSSR count). The van der Waals surface area contributed by atoms with Crippen molar-refractivity contribution in [1.29, 1.82) is 0 Å². The molecule has 1 unspecified atom stereocenters. The molecular formula is C15H29ClN2O2. The molecule has 1 atom stereocenters. The molecule has 2 aliphatic rings. The third-order valence-corrected chi connectivity index (χ3v) is 4.03. The lowest BCUT2D eigenvalue weighted by atomic mass is 10.0. The standard InChI is InChI=1S/C15H28N2O2.ClH/c1-12(2)11-19-13-6-9-17(10-7-13)15(18)14-5-3-4-8-16-14;/h12-14,16H,3-11H2,1-2H3;1H. The van der Waals surface area contributed by atoms with Crippen molar-refractivity contribution in [3.63, 3.8) is 0 Å². The second kappa shape index (κ2) is 8.85. The number of rotatable bonds is 4. The van der Waals surface area contributed by atoms with Crippen LogP contribution >= 0.6 is 12.4 Å². The molecule has 0 saturated carbocycles. The van der Waals surface area contributed by atoms with E-state index in [0.717, 1.165) is 45.5 Å². The van der Waals surface area contributed by atoms with Gasteiger partial charge in [0.15, 0.2) is 0 Å². The molecule has 0 aromatic heterocycles. The number of nitrogens with one attached hydrogen (secondary N) is 1. The van der Waals surface area contributed by atoms with Gasteiger partial charge in [-0.25, -0.2) is 0 Å². The Labute approximate surface area is 129 Å². The molecule has 5 heteroatoms. The van der Waals surface area contributed by atoms with Crippen molar-refractivity contribution in [1.82, 2.24) is 10.2 Å².